The molecule has 0 aliphatic carbocycles. The standard InChI is InChI=1S/C20H17F2N5O2S/c1-12(13-2-4-14(5-3-13)18-25-26-19(30)29-18)20(28,9-27-11-23-10-24-27)16-7-6-15(21)8-17(16)22/h2-8,10-12,28H,9H2,1H3,(H,26,30)/t12-,20+/m1/s1. The first-order chi connectivity index (χ1) is 14.4. The normalized spacial score (nSPS) is 14.4. The molecule has 2 aromatic carbocycles. The molecule has 0 unspecified atom stereocenters. The molecule has 30 heavy (non-hydrogen) atoms. The SMILES string of the molecule is C[C@H](c1ccc(-c2n[nH]c(=S)o2)cc1)[C@@](O)(Cn1cncn1)c1ccc(F)cc1F. The van der Waals surface area contributed by atoms with E-state index in [0.29, 0.717) is 11.5 Å². The smallest absolute Gasteiger partial charge is 0.284 e. The molecule has 0 aliphatic rings. The molecule has 0 fully saturated rings. The number of rotatable bonds is 6. The van der Waals surface area contributed by atoms with E-state index in [1.54, 1.807) is 31.2 Å². The van der Waals surface area contributed by atoms with Crippen molar-refractivity contribution in [2.75, 3.05) is 0 Å². The van der Waals surface area contributed by atoms with Gasteiger partial charge in [-0.25, -0.2) is 23.5 Å². The Labute approximate surface area is 175 Å². The van der Waals surface area contributed by atoms with Gasteiger partial charge in [0.1, 0.15) is 29.9 Å². The highest BCUT2D eigenvalue weighted by Crippen LogP contribution is 2.40. The molecule has 0 radical (unpaired) electrons. The van der Waals surface area contributed by atoms with Crippen LogP contribution in [0.1, 0.15) is 24.0 Å². The molecule has 10 heteroatoms. The molecule has 2 N–H and O–H groups in total. The summed E-state index contributed by atoms with van der Waals surface area (Å²) < 4.78 is 34.8. The maximum atomic E-state index is 14.7. The number of nitrogens with one attached hydrogen (secondary N) is 1. The summed E-state index contributed by atoms with van der Waals surface area (Å²) in [6.07, 6.45) is 2.75. The first kappa shape index (κ1) is 20.0. The second kappa shape index (κ2) is 7.88. The largest absolute Gasteiger partial charge is 0.409 e. The van der Waals surface area contributed by atoms with Gasteiger partial charge in [-0.1, -0.05) is 25.1 Å². The summed E-state index contributed by atoms with van der Waals surface area (Å²) in [6.45, 7) is 1.68. The molecule has 0 amide bonds. The van der Waals surface area contributed by atoms with E-state index in [2.05, 4.69) is 20.3 Å². The molecule has 0 saturated carbocycles. The van der Waals surface area contributed by atoms with Crippen LogP contribution in [-0.4, -0.2) is 30.1 Å². The molecule has 7 nitrogen and oxygen atoms in total. The monoisotopic (exact) mass is 429 g/mol. The molecule has 2 heterocycles. The molecular formula is C20H17F2N5O2S. The number of aromatic amines is 1. The Morgan fingerprint density at radius 3 is 2.60 bits per heavy atom. The molecular weight excluding hydrogens is 412 g/mol. The lowest BCUT2D eigenvalue weighted by atomic mass is 9.78. The van der Waals surface area contributed by atoms with E-state index in [4.69, 9.17) is 16.6 Å². The lowest BCUT2D eigenvalue weighted by molar-refractivity contribution is -0.0112. The lowest BCUT2D eigenvalue weighted by Crippen LogP contribution is -2.38. The van der Waals surface area contributed by atoms with E-state index in [9.17, 15) is 13.9 Å². The fourth-order valence-corrected chi connectivity index (χ4v) is 3.53. The quantitative estimate of drug-likeness (QED) is 0.451. The minimum Gasteiger partial charge on any atom is -0.409 e. The molecule has 4 aromatic rings. The highest BCUT2D eigenvalue weighted by atomic mass is 32.1. The van der Waals surface area contributed by atoms with Crippen LogP contribution < -0.4 is 0 Å². The molecule has 0 bridgehead atoms. The topological polar surface area (TPSA) is 92.8 Å². The van der Waals surface area contributed by atoms with Gasteiger partial charge in [-0.15, -0.1) is 5.10 Å². The van der Waals surface area contributed by atoms with Crippen LogP contribution in [0.2, 0.25) is 0 Å². The number of aromatic nitrogens is 5. The van der Waals surface area contributed by atoms with Gasteiger partial charge < -0.3 is 9.52 Å². The number of nitrogens with zero attached hydrogens (tertiary/aromatic N) is 4. The van der Waals surface area contributed by atoms with E-state index in [1.807, 2.05) is 0 Å². The van der Waals surface area contributed by atoms with Gasteiger partial charge in [0.05, 0.1) is 6.54 Å². The predicted molar refractivity (Wildman–Crippen MR) is 106 cm³/mol. The summed E-state index contributed by atoms with van der Waals surface area (Å²) >= 11 is 4.89. The van der Waals surface area contributed by atoms with Gasteiger partial charge in [0, 0.05) is 23.1 Å². The molecule has 154 valence electrons. The molecule has 0 aliphatic heterocycles. The molecule has 2 aromatic heterocycles. The van der Waals surface area contributed by atoms with E-state index in [0.717, 1.165) is 17.7 Å². The average Bonchev–Trinajstić information content (AvgIpc) is 3.39. The molecule has 4 rings (SSSR count). The van der Waals surface area contributed by atoms with Gasteiger partial charge in [-0.3, -0.25) is 0 Å². The van der Waals surface area contributed by atoms with Crippen molar-refractivity contribution >= 4 is 12.2 Å². The summed E-state index contributed by atoms with van der Waals surface area (Å²) in [7, 11) is 0. The second-order valence-corrected chi connectivity index (χ2v) is 7.27. The summed E-state index contributed by atoms with van der Waals surface area (Å²) in [5.41, 5.74) is -0.350. The number of halogens is 2. The van der Waals surface area contributed by atoms with Gasteiger partial charge in [0.2, 0.25) is 5.89 Å². The van der Waals surface area contributed by atoms with Crippen LogP contribution in [0.25, 0.3) is 11.5 Å². The van der Waals surface area contributed by atoms with E-state index in [-0.39, 0.29) is 16.9 Å². The molecule has 0 spiro atoms. The zero-order chi connectivity index (χ0) is 21.3. The maximum absolute atomic E-state index is 14.7. The first-order valence-corrected chi connectivity index (χ1v) is 9.44. The van der Waals surface area contributed by atoms with Crippen LogP contribution in [0.4, 0.5) is 8.78 Å². The summed E-state index contributed by atoms with van der Waals surface area (Å²) in [4.78, 5) is 4.04. The zero-order valence-electron chi connectivity index (χ0n) is 15.8. The number of hydrogen-bond acceptors (Lipinski definition) is 6. The van der Waals surface area contributed by atoms with Crippen molar-refractivity contribution < 1.29 is 18.3 Å². The third-order valence-electron chi connectivity index (χ3n) is 5.08. The van der Waals surface area contributed by atoms with E-state index >= 15 is 0 Å². The second-order valence-electron chi connectivity index (χ2n) is 6.90. The maximum Gasteiger partial charge on any atom is 0.284 e. The van der Waals surface area contributed by atoms with Crippen LogP contribution in [0, 0.1) is 16.5 Å². The fraction of sp³-hybridized carbons (Fsp3) is 0.200. The highest BCUT2D eigenvalue weighted by molar-refractivity contribution is 7.71. The van der Waals surface area contributed by atoms with Crippen LogP contribution in [0.15, 0.2) is 59.5 Å². The van der Waals surface area contributed by atoms with Crippen LogP contribution >= 0.6 is 12.2 Å². The Kier molecular flexibility index (Phi) is 5.27. The van der Waals surface area contributed by atoms with E-state index < -0.39 is 23.2 Å². The average molecular weight is 429 g/mol. The van der Waals surface area contributed by atoms with Crippen LogP contribution in [0.3, 0.4) is 0 Å². The van der Waals surface area contributed by atoms with Gasteiger partial charge in [0.15, 0.2) is 0 Å². The predicted octanol–water partition coefficient (Wildman–Crippen LogP) is 3.96. The van der Waals surface area contributed by atoms with Gasteiger partial charge >= 0.3 is 0 Å². The number of benzene rings is 2. The summed E-state index contributed by atoms with van der Waals surface area (Å²) in [5, 5.41) is 22.2. The Balaban J connectivity index is 1.73. The van der Waals surface area contributed by atoms with Crippen molar-refractivity contribution in [3.05, 3.63) is 82.7 Å². The van der Waals surface area contributed by atoms with Gasteiger partial charge in [0.25, 0.3) is 4.84 Å². The zero-order valence-corrected chi connectivity index (χ0v) is 16.6. The van der Waals surface area contributed by atoms with Crippen molar-refractivity contribution in [1.82, 2.24) is 25.0 Å². The van der Waals surface area contributed by atoms with Gasteiger partial charge in [-0.2, -0.15) is 5.10 Å². The Morgan fingerprint density at radius 1 is 1.23 bits per heavy atom. The molecule has 2 atom stereocenters. The lowest BCUT2D eigenvalue weighted by Gasteiger charge is -2.35. The Bertz CT molecular complexity index is 1210. The highest BCUT2D eigenvalue weighted by Gasteiger charge is 2.40. The minimum atomic E-state index is -1.72. The summed E-state index contributed by atoms with van der Waals surface area (Å²) in [5.74, 6) is -1.81. The number of H-pyrrole nitrogens is 1. The van der Waals surface area contributed by atoms with Crippen LogP contribution in [0.5, 0.6) is 0 Å². The number of aliphatic hydroxyl groups is 1. The van der Waals surface area contributed by atoms with Crippen LogP contribution in [-0.2, 0) is 12.1 Å². The fourth-order valence-electron chi connectivity index (χ4n) is 3.40. The van der Waals surface area contributed by atoms with Gasteiger partial charge in [-0.05, 0) is 36.0 Å². The minimum absolute atomic E-state index is 0.0333. The van der Waals surface area contributed by atoms with E-state index in [1.165, 1.54) is 23.4 Å². The van der Waals surface area contributed by atoms with Crippen molar-refractivity contribution in [1.29, 1.82) is 0 Å². The first-order valence-electron chi connectivity index (χ1n) is 9.03. The molecule has 0 saturated heterocycles. The van der Waals surface area contributed by atoms with Crippen molar-refractivity contribution in [2.45, 2.75) is 25.0 Å². The van der Waals surface area contributed by atoms with Crippen molar-refractivity contribution in [3.63, 3.8) is 0 Å². The third kappa shape index (κ3) is 3.79. The number of hydrogen-bond donors (Lipinski definition) is 2. The van der Waals surface area contributed by atoms with Crippen molar-refractivity contribution in [3.8, 4) is 11.5 Å². The Hall–Kier alpha value is -3.24. The third-order valence-corrected chi connectivity index (χ3v) is 5.25. The summed E-state index contributed by atoms with van der Waals surface area (Å²) in [6, 6.07) is 10.2. The van der Waals surface area contributed by atoms with Crippen molar-refractivity contribution in [2.24, 2.45) is 0 Å². The Morgan fingerprint density at radius 2 is 2.00 bits per heavy atom.